The summed E-state index contributed by atoms with van der Waals surface area (Å²) in [5, 5.41) is 2.81. The lowest BCUT2D eigenvalue weighted by Gasteiger charge is -2.43. The van der Waals surface area contributed by atoms with Crippen LogP contribution in [0.25, 0.3) is 20.2 Å². The fourth-order valence-electron chi connectivity index (χ4n) is 12.2. The third kappa shape index (κ3) is 6.01. The van der Waals surface area contributed by atoms with Crippen LogP contribution in [0.15, 0.2) is 84.9 Å². The van der Waals surface area contributed by atoms with E-state index < -0.39 is 0 Å². The summed E-state index contributed by atoms with van der Waals surface area (Å²) in [6, 6.07) is 34.2. The molecule has 4 heterocycles. The van der Waals surface area contributed by atoms with Gasteiger partial charge >= 0.3 is 0 Å². The third-order valence-electron chi connectivity index (χ3n) is 16.3. The van der Waals surface area contributed by atoms with Crippen molar-refractivity contribution in [3.63, 3.8) is 0 Å². The molecular weight excluding hydrogens is 812 g/mol. The Kier molecular flexibility index (Phi) is 8.87. The number of thiophene rings is 2. The highest BCUT2D eigenvalue weighted by molar-refractivity contribution is 7.41. The lowest BCUT2D eigenvalue weighted by atomic mass is 9.39. The van der Waals surface area contributed by atoms with E-state index in [1.807, 2.05) is 0 Å². The Morgan fingerprint density at radius 2 is 0.844 bits per heavy atom. The van der Waals surface area contributed by atoms with Crippen LogP contribution in [-0.2, 0) is 32.5 Å². The fraction of sp³-hybridized carbons (Fsp3) is 0.424. The van der Waals surface area contributed by atoms with Gasteiger partial charge in [-0.3, -0.25) is 0 Å². The van der Waals surface area contributed by atoms with Gasteiger partial charge in [-0.25, -0.2) is 0 Å². The lowest BCUT2D eigenvalue weighted by Crippen LogP contribution is -2.59. The van der Waals surface area contributed by atoms with Crippen LogP contribution in [0.2, 0.25) is 0 Å². The van der Waals surface area contributed by atoms with E-state index in [4.69, 9.17) is 0 Å². The first-order chi connectivity index (χ1) is 29.9. The SMILES string of the molecule is Cc1cc2c3c(c1)N(c1ccc(C(C)(C)C)cc1)c1c(sc4c5c(ccc14)C(C)(C)CCC5(C)C)B3c1sc3c4c(ccc3c1N2c1ccc(C(C)(C)C)cc1)C(C)(C)CCC4(C)C. The van der Waals surface area contributed by atoms with Gasteiger partial charge in [-0.2, -0.15) is 0 Å². The van der Waals surface area contributed by atoms with E-state index in [2.05, 4.69) is 221 Å². The van der Waals surface area contributed by atoms with E-state index in [0.29, 0.717) is 0 Å². The van der Waals surface area contributed by atoms with Crippen molar-refractivity contribution in [2.24, 2.45) is 0 Å². The Bertz CT molecular complexity index is 2880. The Morgan fingerprint density at radius 3 is 1.20 bits per heavy atom. The standard InChI is InChI=1S/C59H67BN2S2/c1-34-32-43-47-44(33-34)62(38-22-18-36(19-23-38)55(5,6)7)49-40-25-27-42-46(59(14,15)31-29-57(42,10)11)51(40)64-53(49)60(47)52-48(61(43)37-20-16-35(17-21-37)54(2,3)4)39-24-26-41-45(50(39)63-52)58(12,13)30-28-56(41,8)9/h16-27,32-33H,28-31H2,1-15H3. The summed E-state index contributed by atoms with van der Waals surface area (Å²) in [5.41, 5.74) is 20.1. The van der Waals surface area contributed by atoms with Gasteiger partial charge in [0.1, 0.15) is 0 Å². The van der Waals surface area contributed by atoms with Crippen molar-refractivity contribution in [2.45, 2.75) is 162 Å². The molecule has 0 spiro atoms. The van der Waals surface area contributed by atoms with Crippen LogP contribution in [0.3, 0.4) is 0 Å². The van der Waals surface area contributed by atoms with Crippen LogP contribution in [0.1, 0.15) is 162 Å². The minimum Gasteiger partial charge on any atom is -0.310 e. The third-order valence-corrected chi connectivity index (χ3v) is 18.8. The van der Waals surface area contributed by atoms with Crippen molar-refractivity contribution >= 4 is 98.7 Å². The summed E-state index contributed by atoms with van der Waals surface area (Å²) in [6.45, 7) is 36.3. The largest absolute Gasteiger partial charge is 0.310 e. The van der Waals surface area contributed by atoms with Gasteiger partial charge in [0.2, 0.25) is 0 Å². The van der Waals surface area contributed by atoms with Crippen LogP contribution < -0.4 is 24.8 Å². The quantitative estimate of drug-likeness (QED) is 0.160. The predicted octanol–water partition coefficient (Wildman–Crippen LogP) is 15.8. The van der Waals surface area contributed by atoms with Gasteiger partial charge in [0.05, 0.1) is 11.4 Å². The average Bonchev–Trinajstić information content (AvgIpc) is 3.79. The zero-order valence-corrected chi connectivity index (χ0v) is 42.8. The number of nitrogens with zero attached hydrogens (tertiary/aromatic N) is 2. The first kappa shape index (κ1) is 42.3. The number of rotatable bonds is 2. The first-order valence-electron chi connectivity index (χ1n) is 24.1. The van der Waals surface area contributed by atoms with Gasteiger partial charge in [-0.15, -0.1) is 22.7 Å². The van der Waals surface area contributed by atoms with E-state index in [9.17, 15) is 0 Å². The molecule has 4 aliphatic rings. The molecule has 0 fully saturated rings. The topological polar surface area (TPSA) is 6.48 Å². The van der Waals surface area contributed by atoms with E-state index >= 15 is 0 Å². The highest BCUT2D eigenvalue weighted by Crippen LogP contribution is 2.57. The number of fused-ring (bicyclic) bond motifs is 12. The second-order valence-electron chi connectivity index (χ2n) is 24.8. The maximum absolute atomic E-state index is 2.68. The highest BCUT2D eigenvalue weighted by atomic mass is 32.1. The molecule has 7 aromatic rings. The number of hydrogen-bond acceptors (Lipinski definition) is 4. The van der Waals surface area contributed by atoms with Gasteiger partial charge in [-0.1, -0.05) is 145 Å². The van der Waals surface area contributed by atoms with Crippen molar-refractivity contribution in [3.8, 4) is 0 Å². The highest BCUT2D eigenvalue weighted by Gasteiger charge is 2.50. The maximum atomic E-state index is 2.68. The van der Waals surface area contributed by atoms with Crippen LogP contribution in [0, 0.1) is 6.92 Å². The molecule has 0 atom stereocenters. The lowest BCUT2D eigenvalue weighted by molar-refractivity contribution is 0.335. The predicted molar refractivity (Wildman–Crippen MR) is 284 cm³/mol. The molecule has 328 valence electrons. The van der Waals surface area contributed by atoms with E-state index in [1.165, 1.54) is 123 Å². The van der Waals surface area contributed by atoms with Crippen LogP contribution >= 0.6 is 22.7 Å². The summed E-state index contributed by atoms with van der Waals surface area (Å²) in [5.74, 6) is 0. The molecule has 0 saturated carbocycles. The normalized spacial score (nSPS) is 19.0. The smallest absolute Gasteiger partial charge is 0.277 e. The van der Waals surface area contributed by atoms with Crippen molar-refractivity contribution < 1.29 is 0 Å². The molecule has 64 heavy (non-hydrogen) atoms. The Balaban J connectivity index is 1.29. The van der Waals surface area contributed by atoms with Gasteiger partial charge < -0.3 is 9.80 Å². The second-order valence-corrected chi connectivity index (χ2v) is 26.9. The molecule has 0 radical (unpaired) electrons. The van der Waals surface area contributed by atoms with Crippen LogP contribution in [0.5, 0.6) is 0 Å². The summed E-state index contributed by atoms with van der Waals surface area (Å²) in [6.07, 6.45) is 4.81. The van der Waals surface area contributed by atoms with E-state index in [0.717, 1.165) is 0 Å². The van der Waals surface area contributed by atoms with Crippen molar-refractivity contribution in [2.75, 3.05) is 9.80 Å². The molecule has 0 saturated heterocycles. The molecule has 2 aliphatic heterocycles. The average molecular weight is 879 g/mol. The fourth-order valence-corrected chi connectivity index (χ4v) is 15.6. The zero-order valence-electron chi connectivity index (χ0n) is 41.2. The summed E-state index contributed by atoms with van der Waals surface area (Å²) < 4.78 is 5.96. The number of aryl methyl sites for hydroxylation is 1. The Labute approximate surface area is 392 Å². The molecule has 11 rings (SSSR count). The molecule has 0 N–H and O–H groups in total. The molecular formula is C59H67BN2S2. The molecule has 5 aromatic carbocycles. The second kappa shape index (κ2) is 13.4. The van der Waals surface area contributed by atoms with Crippen LogP contribution in [-0.4, -0.2) is 6.71 Å². The zero-order chi connectivity index (χ0) is 45.4. The van der Waals surface area contributed by atoms with Gasteiger partial charge in [0, 0.05) is 52.5 Å². The molecule has 2 aliphatic carbocycles. The molecule has 0 unspecified atom stereocenters. The van der Waals surface area contributed by atoms with Gasteiger partial charge in [0.25, 0.3) is 6.71 Å². The van der Waals surface area contributed by atoms with Crippen molar-refractivity contribution in [1.29, 1.82) is 0 Å². The molecule has 2 nitrogen and oxygen atoms in total. The van der Waals surface area contributed by atoms with Crippen molar-refractivity contribution in [1.82, 2.24) is 0 Å². The summed E-state index contributed by atoms with van der Waals surface area (Å²) in [4.78, 5) is 5.37. The molecule has 0 amide bonds. The molecule has 0 bridgehead atoms. The number of anilines is 6. The minimum absolute atomic E-state index is 0.0648. The maximum Gasteiger partial charge on any atom is 0.277 e. The Morgan fingerprint density at radius 1 is 0.484 bits per heavy atom. The van der Waals surface area contributed by atoms with E-state index in [1.54, 1.807) is 11.1 Å². The van der Waals surface area contributed by atoms with Crippen molar-refractivity contribution in [3.05, 3.63) is 124 Å². The number of hydrogen-bond donors (Lipinski definition) is 0. The molecule has 5 heteroatoms. The number of benzene rings is 5. The molecule has 2 aromatic heterocycles. The van der Waals surface area contributed by atoms with E-state index in [-0.39, 0.29) is 39.2 Å². The van der Waals surface area contributed by atoms with Crippen LogP contribution in [0.4, 0.5) is 34.1 Å². The summed E-state index contributed by atoms with van der Waals surface area (Å²) >= 11 is 4.23. The van der Waals surface area contributed by atoms with Gasteiger partial charge in [0.15, 0.2) is 0 Å². The minimum atomic E-state index is 0.0648. The monoisotopic (exact) mass is 878 g/mol. The van der Waals surface area contributed by atoms with Gasteiger partial charge in [-0.05, 0) is 146 Å². The first-order valence-corrected chi connectivity index (χ1v) is 25.7. The Hall–Kier alpha value is -4.32. The summed E-state index contributed by atoms with van der Waals surface area (Å²) in [7, 11) is 0.